The van der Waals surface area contributed by atoms with E-state index in [-0.39, 0.29) is 6.61 Å². The molecule has 0 fully saturated rings. The van der Waals surface area contributed by atoms with Crippen LogP contribution >= 0.6 is 11.6 Å². The van der Waals surface area contributed by atoms with Crippen LogP contribution in [0.3, 0.4) is 0 Å². The molecule has 0 aliphatic carbocycles. The largest absolute Gasteiger partial charge is 0.395 e. The van der Waals surface area contributed by atoms with Gasteiger partial charge in [0.1, 0.15) is 0 Å². The first-order chi connectivity index (χ1) is 9.10. The molecule has 0 atom stereocenters. The van der Waals surface area contributed by atoms with E-state index >= 15 is 0 Å². The first-order valence-corrected chi connectivity index (χ1v) is 7.34. The summed E-state index contributed by atoms with van der Waals surface area (Å²) in [5.74, 6) is 0. The van der Waals surface area contributed by atoms with Gasteiger partial charge in [-0.1, -0.05) is 24.6 Å². The van der Waals surface area contributed by atoms with Crippen LogP contribution in [0.15, 0.2) is 18.2 Å². The van der Waals surface area contributed by atoms with Crippen molar-refractivity contribution in [3.63, 3.8) is 0 Å². The summed E-state index contributed by atoms with van der Waals surface area (Å²) >= 11 is 6.33. The molecule has 0 aliphatic rings. The molecule has 0 heterocycles. The minimum Gasteiger partial charge on any atom is -0.395 e. The molecule has 0 saturated heterocycles. The van der Waals surface area contributed by atoms with Crippen molar-refractivity contribution in [2.75, 3.05) is 24.6 Å². The Hall–Kier alpha value is -0.770. The van der Waals surface area contributed by atoms with E-state index < -0.39 is 0 Å². The number of halogens is 1. The number of benzene rings is 1. The van der Waals surface area contributed by atoms with Crippen LogP contribution in [0.2, 0.25) is 5.02 Å². The Morgan fingerprint density at radius 1 is 1.37 bits per heavy atom. The number of aliphatic hydroxyl groups is 1. The molecule has 1 aromatic carbocycles. The fraction of sp³-hybridized carbons (Fsp3) is 0.600. The molecule has 0 unspecified atom stereocenters. The third kappa shape index (κ3) is 5.01. The van der Waals surface area contributed by atoms with Gasteiger partial charge < -0.3 is 15.3 Å². The van der Waals surface area contributed by atoms with Crippen LogP contribution < -0.4 is 10.2 Å². The molecule has 0 saturated carbocycles. The van der Waals surface area contributed by atoms with E-state index in [0.29, 0.717) is 12.6 Å². The molecule has 0 aromatic heterocycles. The molecule has 108 valence electrons. The molecule has 2 N–H and O–H groups in total. The van der Waals surface area contributed by atoms with Gasteiger partial charge >= 0.3 is 0 Å². The summed E-state index contributed by atoms with van der Waals surface area (Å²) in [7, 11) is 0. The summed E-state index contributed by atoms with van der Waals surface area (Å²) in [6.07, 6.45) is 1.12. The quantitative estimate of drug-likeness (QED) is 0.720. The molecule has 0 bridgehead atoms. The Kier molecular flexibility index (Phi) is 7.21. The zero-order valence-corrected chi connectivity index (χ0v) is 12.9. The maximum atomic E-state index is 9.13. The minimum absolute atomic E-state index is 0.148. The van der Waals surface area contributed by atoms with E-state index in [9.17, 15) is 0 Å². The molecule has 0 amide bonds. The summed E-state index contributed by atoms with van der Waals surface area (Å²) in [5.41, 5.74) is 2.18. The van der Waals surface area contributed by atoms with Gasteiger partial charge in [0.05, 0.1) is 6.61 Å². The van der Waals surface area contributed by atoms with Gasteiger partial charge in [0.25, 0.3) is 0 Å². The van der Waals surface area contributed by atoms with Crippen molar-refractivity contribution < 1.29 is 5.11 Å². The van der Waals surface area contributed by atoms with E-state index in [1.807, 2.05) is 6.07 Å². The van der Waals surface area contributed by atoms with E-state index in [1.165, 1.54) is 0 Å². The summed E-state index contributed by atoms with van der Waals surface area (Å²) < 4.78 is 0. The van der Waals surface area contributed by atoms with Crippen LogP contribution in [0, 0.1) is 0 Å². The third-order valence-electron chi connectivity index (χ3n) is 3.07. The van der Waals surface area contributed by atoms with Gasteiger partial charge in [0.15, 0.2) is 0 Å². The Labute approximate surface area is 121 Å². The lowest BCUT2D eigenvalue weighted by Crippen LogP contribution is -2.33. The van der Waals surface area contributed by atoms with Crippen molar-refractivity contribution in [2.45, 2.75) is 39.8 Å². The molecule has 0 aliphatic heterocycles. The van der Waals surface area contributed by atoms with E-state index in [0.717, 1.165) is 35.8 Å². The average molecular weight is 285 g/mol. The highest BCUT2D eigenvalue weighted by molar-refractivity contribution is 6.31. The molecule has 4 heteroatoms. The maximum Gasteiger partial charge on any atom is 0.0606 e. The number of nitrogens with one attached hydrogen (secondary N) is 1. The molecule has 0 spiro atoms. The van der Waals surface area contributed by atoms with Gasteiger partial charge in [-0.15, -0.1) is 0 Å². The van der Waals surface area contributed by atoms with Crippen molar-refractivity contribution in [2.24, 2.45) is 0 Å². The lowest BCUT2D eigenvalue weighted by molar-refractivity contribution is 0.299. The van der Waals surface area contributed by atoms with Crippen LogP contribution in [0.4, 0.5) is 5.69 Å². The fourth-order valence-corrected chi connectivity index (χ4v) is 2.29. The topological polar surface area (TPSA) is 35.5 Å². The summed E-state index contributed by atoms with van der Waals surface area (Å²) in [5, 5.41) is 13.3. The van der Waals surface area contributed by atoms with Crippen molar-refractivity contribution in [1.82, 2.24) is 5.32 Å². The predicted octanol–water partition coefficient (Wildman–Crippen LogP) is 3.05. The van der Waals surface area contributed by atoms with E-state index in [4.69, 9.17) is 16.7 Å². The Morgan fingerprint density at radius 3 is 2.63 bits per heavy atom. The predicted molar refractivity (Wildman–Crippen MR) is 83.0 cm³/mol. The molecule has 1 aromatic rings. The normalized spacial score (nSPS) is 11.1. The van der Waals surface area contributed by atoms with Crippen LogP contribution in [-0.2, 0) is 6.54 Å². The molecular weight excluding hydrogens is 260 g/mol. The van der Waals surface area contributed by atoms with Gasteiger partial charge in [-0.3, -0.25) is 0 Å². The van der Waals surface area contributed by atoms with Crippen molar-refractivity contribution in [3.8, 4) is 0 Å². The maximum absolute atomic E-state index is 9.13. The lowest BCUT2D eigenvalue weighted by Gasteiger charge is -2.28. The highest BCUT2D eigenvalue weighted by Crippen LogP contribution is 2.25. The van der Waals surface area contributed by atoms with Crippen LogP contribution in [0.25, 0.3) is 0 Å². The first-order valence-electron chi connectivity index (χ1n) is 6.96. The van der Waals surface area contributed by atoms with Gasteiger partial charge in [-0.2, -0.15) is 0 Å². The summed E-state index contributed by atoms with van der Waals surface area (Å²) in [6, 6.07) is 6.46. The SMILES string of the molecule is CCCNCc1ccc(N(CCO)C(C)C)cc1Cl. The number of anilines is 1. The van der Waals surface area contributed by atoms with E-state index in [1.54, 1.807) is 0 Å². The Balaban J connectivity index is 2.79. The lowest BCUT2D eigenvalue weighted by atomic mass is 10.1. The Morgan fingerprint density at radius 2 is 2.11 bits per heavy atom. The molecule has 3 nitrogen and oxygen atoms in total. The molecule has 1 rings (SSSR count). The highest BCUT2D eigenvalue weighted by atomic mass is 35.5. The highest BCUT2D eigenvalue weighted by Gasteiger charge is 2.11. The summed E-state index contributed by atoms with van der Waals surface area (Å²) in [4.78, 5) is 2.15. The van der Waals surface area contributed by atoms with Gasteiger partial charge in [-0.05, 0) is 44.5 Å². The van der Waals surface area contributed by atoms with Gasteiger partial charge in [0.2, 0.25) is 0 Å². The number of nitrogens with zero attached hydrogens (tertiary/aromatic N) is 1. The second-order valence-corrected chi connectivity index (χ2v) is 5.37. The van der Waals surface area contributed by atoms with Gasteiger partial charge in [-0.25, -0.2) is 0 Å². The number of hydrogen-bond donors (Lipinski definition) is 2. The standard InChI is InChI=1S/C15H25ClN2O/c1-4-7-17-11-13-5-6-14(10-15(13)16)18(8-9-19)12(2)3/h5-6,10,12,17,19H,4,7-9,11H2,1-3H3. The first kappa shape index (κ1) is 16.3. The van der Waals surface area contributed by atoms with E-state index in [2.05, 4.69) is 43.1 Å². The smallest absolute Gasteiger partial charge is 0.0606 e. The number of aliphatic hydroxyl groups excluding tert-OH is 1. The molecule has 19 heavy (non-hydrogen) atoms. The average Bonchev–Trinajstić information content (AvgIpc) is 2.37. The third-order valence-corrected chi connectivity index (χ3v) is 3.43. The van der Waals surface area contributed by atoms with Gasteiger partial charge in [0, 0.05) is 29.8 Å². The van der Waals surface area contributed by atoms with Crippen LogP contribution in [0.5, 0.6) is 0 Å². The Bertz CT molecular complexity index is 382. The number of hydrogen-bond acceptors (Lipinski definition) is 3. The summed E-state index contributed by atoms with van der Waals surface area (Å²) in [6.45, 7) is 8.94. The monoisotopic (exact) mass is 284 g/mol. The van der Waals surface area contributed by atoms with Crippen molar-refractivity contribution >= 4 is 17.3 Å². The number of rotatable bonds is 8. The second-order valence-electron chi connectivity index (χ2n) is 4.96. The minimum atomic E-state index is 0.148. The zero-order valence-electron chi connectivity index (χ0n) is 12.1. The zero-order chi connectivity index (χ0) is 14.3. The van der Waals surface area contributed by atoms with Crippen LogP contribution in [0.1, 0.15) is 32.8 Å². The van der Waals surface area contributed by atoms with Crippen molar-refractivity contribution in [3.05, 3.63) is 28.8 Å². The molecular formula is C15H25ClN2O. The fourth-order valence-electron chi connectivity index (χ4n) is 2.05. The van der Waals surface area contributed by atoms with Crippen molar-refractivity contribution in [1.29, 1.82) is 0 Å². The molecule has 0 radical (unpaired) electrons. The van der Waals surface area contributed by atoms with Crippen LogP contribution in [-0.4, -0.2) is 30.8 Å². The second kappa shape index (κ2) is 8.41.